The first-order valence-electron chi connectivity index (χ1n) is 8.32. The van der Waals surface area contributed by atoms with E-state index in [1.165, 1.54) is 19.3 Å². The van der Waals surface area contributed by atoms with Crippen LogP contribution in [0.4, 0.5) is 0 Å². The van der Waals surface area contributed by atoms with Gasteiger partial charge >= 0.3 is 0 Å². The molecule has 3 N–H and O–H groups in total. The van der Waals surface area contributed by atoms with Crippen LogP contribution < -0.4 is 15.8 Å². The van der Waals surface area contributed by atoms with Crippen molar-refractivity contribution in [2.24, 2.45) is 11.1 Å². The largest absolute Gasteiger partial charge is 0.489 e. The van der Waals surface area contributed by atoms with E-state index in [1.807, 2.05) is 37.3 Å². The standard InChI is InChI=1S/C18H28N2O2.ClH/c1-15(22-16-8-4-2-5-9-16)13-20-17(21)12-18(14-19)10-6-3-7-11-18;/h2,4-5,8-9,15H,3,6-7,10-14,19H2,1H3,(H,20,21);1H. The minimum atomic E-state index is -0.0495. The topological polar surface area (TPSA) is 64.4 Å². The molecule has 1 fully saturated rings. The fraction of sp³-hybridized carbons (Fsp3) is 0.611. The van der Waals surface area contributed by atoms with Crippen LogP contribution in [0.25, 0.3) is 0 Å². The third-order valence-corrected chi connectivity index (χ3v) is 4.55. The molecule has 1 aromatic rings. The average Bonchev–Trinajstić information content (AvgIpc) is 2.55. The van der Waals surface area contributed by atoms with Crippen LogP contribution in [-0.4, -0.2) is 25.1 Å². The molecule has 0 heterocycles. The van der Waals surface area contributed by atoms with E-state index in [1.54, 1.807) is 0 Å². The molecule has 0 spiro atoms. The van der Waals surface area contributed by atoms with Gasteiger partial charge in [0.05, 0.1) is 6.54 Å². The normalized spacial score (nSPS) is 17.7. The van der Waals surface area contributed by atoms with E-state index in [2.05, 4.69) is 5.32 Å². The van der Waals surface area contributed by atoms with Gasteiger partial charge in [-0.25, -0.2) is 0 Å². The molecule has 1 aliphatic carbocycles. The number of para-hydroxylation sites is 1. The van der Waals surface area contributed by atoms with Gasteiger partial charge in [-0.3, -0.25) is 4.79 Å². The van der Waals surface area contributed by atoms with Gasteiger partial charge in [-0.2, -0.15) is 0 Å². The van der Waals surface area contributed by atoms with Crippen LogP contribution in [0.3, 0.4) is 0 Å². The maximum Gasteiger partial charge on any atom is 0.220 e. The van der Waals surface area contributed by atoms with Crippen LogP contribution >= 0.6 is 12.4 Å². The average molecular weight is 341 g/mol. The Morgan fingerprint density at radius 3 is 2.52 bits per heavy atom. The van der Waals surface area contributed by atoms with Crippen molar-refractivity contribution in [1.82, 2.24) is 5.32 Å². The number of halogens is 1. The second-order valence-corrected chi connectivity index (χ2v) is 6.49. The van der Waals surface area contributed by atoms with Gasteiger partial charge in [0.25, 0.3) is 0 Å². The third-order valence-electron chi connectivity index (χ3n) is 4.55. The summed E-state index contributed by atoms with van der Waals surface area (Å²) in [6.45, 7) is 3.09. The summed E-state index contributed by atoms with van der Waals surface area (Å²) >= 11 is 0. The first-order chi connectivity index (χ1) is 10.6. The maximum absolute atomic E-state index is 12.2. The van der Waals surface area contributed by atoms with Gasteiger partial charge in [-0.05, 0) is 43.9 Å². The zero-order valence-electron chi connectivity index (χ0n) is 13.9. The van der Waals surface area contributed by atoms with Crippen LogP contribution in [0.5, 0.6) is 5.75 Å². The highest BCUT2D eigenvalue weighted by Crippen LogP contribution is 2.38. The van der Waals surface area contributed by atoms with Gasteiger partial charge in [-0.1, -0.05) is 37.5 Å². The number of hydrogen-bond acceptors (Lipinski definition) is 3. The van der Waals surface area contributed by atoms with Crippen LogP contribution in [0.15, 0.2) is 30.3 Å². The smallest absolute Gasteiger partial charge is 0.220 e. The van der Waals surface area contributed by atoms with E-state index in [9.17, 15) is 4.79 Å². The number of nitrogens with two attached hydrogens (primary N) is 1. The van der Waals surface area contributed by atoms with Gasteiger partial charge in [0.1, 0.15) is 11.9 Å². The van der Waals surface area contributed by atoms with E-state index < -0.39 is 0 Å². The zero-order valence-corrected chi connectivity index (χ0v) is 14.7. The van der Waals surface area contributed by atoms with Crippen molar-refractivity contribution in [1.29, 1.82) is 0 Å². The molecule has 0 radical (unpaired) electrons. The van der Waals surface area contributed by atoms with E-state index in [4.69, 9.17) is 10.5 Å². The minimum absolute atomic E-state index is 0. The molecular formula is C18H29ClN2O2. The molecule has 2 rings (SSSR count). The summed E-state index contributed by atoms with van der Waals surface area (Å²) in [4.78, 5) is 12.2. The summed E-state index contributed by atoms with van der Waals surface area (Å²) in [7, 11) is 0. The molecule has 0 aliphatic heterocycles. The van der Waals surface area contributed by atoms with Gasteiger partial charge in [0.15, 0.2) is 0 Å². The minimum Gasteiger partial charge on any atom is -0.489 e. The van der Waals surface area contributed by atoms with Crippen molar-refractivity contribution in [2.45, 2.75) is 51.6 Å². The summed E-state index contributed by atoms with van der Waals surface area (Å²) in [6, 6.07) is 9.67. The Bertz CT molecular complexity index is 461. The second-order valence-electron chi connectivity index (χ2n) is 6.49. The monoisotopic (exact) mass is 340 g/mol. The fourth-order valence-electron chi connectivity index (χ4n) is 3.19. The first-order valence-corrected chi connectivity index (χ1v) is 8.32. The zero-order chi connectivity index (χ0) is 15.8. The first kappa shape index (κ1) is 19.8. The third kappa shape index (κ3) is 6.40. The van der Waals surface area contributed by atoms with Gasteiger partial charge in [-0.15, -0.1) is 12.4 Å². The van der Waals surface area contributed by atoms with Crippen molar-refractivity contribution in [3.05, 3.63) is 30.3 Å². The predicted molar refractivity (Wildman–Crippen MR) is 96.0 cm³/mol. The molecule has 1 saturated carbocycles. The molecule has 0 aromatic heterocycles. The van der Waals surface area contributed by atoms with E-state index in [0.717, 1.165) is 18.6 Å². The summed E-state index contributed by atoms with van der Waals surface area (Å²) in [6.07, 6.45) is 6.30. The number of rotatable bonds is 7. The molecule has 1 amide bonds. The number of carbonyl (C=O) groups excluding carboxylic acids is 1. The van der Waals surface area contributed by atoms with Crippen molar-refractivity contribution in [3.63, 3.8) is 0 Å². The van der Waals surface area contributed by atoms with Crippen LogP contribution in [0.1, 0.15) is 45.4 Å². The highest BCUT2D eigenvalue weighted by atomic mass is 35.5. The summed E-state index contributed by atoms with van der Waals surface area (Å²) in [5, 5.41) is 2.99. The Kier molecular flexibility index (Phi) is 8.42. The van der Waals surface area contributed by atoms with Crippen LogP contribution in [0.2, 0.25) is 0 Å². The van der Waals surface area contributed by atoms with Crippen molar-refractivity contribution < 1.29 is 9.53 Å². The highest BCUT2D eigenvalue weighted by Gasteiger charge is 2.32. The predicted octanol–water partition coefficient (Wildman–Crippen LogP) is 3.29. The lowest BCUT2D eigenvalue weighted by Crippen LogP contribution is -2.40. The van der Waals surface area contributed by atoms with Crippen molar-refractivity contribution in [2.75, 3.05) is 13.1 Å². The SMILES string of the molecule is CC(CNC(=O)CC1(CN)CCCCC1)Oc1ccccc1.Cl. The molecule has 1 atom stereocenters. The molecule has 5 heteroatoms. The number of amides is 1. The number of hydrogen-bond donors (Lipinski definition) is 2. The van der Waals surface area contributed by atoms with E-state index in [-0.39, 0.29) is 29.8 Å². The Morgan fingerprint density at radius 2 is 1.91 bits per heavy atom. The number of carbonyl (C=O) groups is 1. The van der Waals surface area contributed by atoms with Gasteiger partial charge in [0, 0.05) is 6.42 Å². The molecule has 1 aliphatic rings. The Hall–Kier alpha value is -1.26. The van der Waals surface area contributed by atoms with E-state index >= 15 is 0 Å². The Labute approximate surface area is 145 Å². The summed E-state index contributed by atoms with van der Waals surface area (Å²) in [5.41, 5.74) is 5.96. The lowest BCUT2D eigenvalue weighted by Gasteiger charge is -2.35. The molecule has 1 unspecified atom stereocenters. The van der Waals surface area contributed by atoms with Crippen molar-refractivity contribution in [3.8, 4) is 5.75 Å². The molecule has 4 nitrogen and oxygen atoms in total. The van der Waals surface area contributed by atoms with Crippen molar-refractivity contribution >= 4 is 18.3 Å². The van der Waals surface area contributed by atoms with Crippen LogP contribution in [-0.2, 0) is 4.79 Å². The van der Waals surface area contributed by atoms with Gasteiger partial charge in [0.2, 0.25) is 5.91 Å². The quantitative estimate of drug-likeness (QED) is 0.800. The van der Waals surface area contributed by atoms with Crippen LogP contribution in [0, 0.1) is 5.41 Å². The molecule has 0 bridgehead atoms. The van der Waals surface area contributed by atoms with E-state index in [0.29, 0.717) is 19.5 Å². The molecule has 23 heavy (non-hydrogen) atoms. The fourth-order valence-corrected chi connectivity index (χ4v) is 3.19. The second kappa shape index (κ2) is 9.78. The lowest BCUT2D eigenvalue weighted by atomic mass is 9.71. The number of nitrogens with one attached hydrogen (secondary N) is 1. The Morgan fingerprint density at radius 1 is 1.26 bits per heavy atom. The molecule has 0 saturated heterocycles. The number of benzene rings is 1. The van der Waals surface area contributed by atoms with Gasteiger partial charge < -0.3 is 15.8 Å². The maximum atomic E-state index is 12.2. The number of ether oxygens (including phenoxy) is 1. The molecule has 130 valence electrons. The highest BCUT2D eigenvalue weighted by molar-refractivity contribution is 5.85. The summed E-state index contributed by atoms with van der Waals surface area (Å²) in [5.74, 6) is 0.922. The Balaban J connectivity index is 0.00000264. The lowest BCUT2D eigenvalue weighted by molar-refractivity contribution is -0.124. The summed E-state index contributed by atoms with van der Waals surface area (Å²) < 4.78 is 5.77. The molecular weight excluding hydrogens is 312 g/mol. The molecule has 1 aromatic carbocycles.